The van der Waals surface area contributed by atoms with Gasteiger partial charge >= 0.3 is 11.9 Å². The van der Waals surface area contributed by atoms with Gasteiger partial charge in [-0.15, -0.1) is 0 Å². The number of benzene rings is 2. The van der Waals surface area contributed by atoms with Crippen molar-refractivity contribution in [2.24, 2.45) is 0 Å². The topological polar surface area (TPSA) is 161 Å². The number of ketones is 1. The zero-order valence-electron chi connectivity index (χ0n) is 15.9. The van der Waals surface area contributed by atoms with Gasteiger partial charge in [0.1, 0.15) is 11.5 Å². The summed E-state index contributed by atoms with van der Waals surface area (Å²) < 4.78 is 0. The molecule has 2 rings (SSSR count). The van der Waals surface area contributed by atoms with Gasteiger partial charge in [-0.25, -0.2) is 4.79 Å². The van der Waals surface area contributed by atoms with Crippen molar-refractivity contribution in [3.8, 4) is 11.5 Å². The molecule has 0 atom stereocenters. The molecule has 9 heteroatoms. The standard InChI is InChI=1S/C21H21NO8/c23-16-11-17(24)15(20(28)13-5-1-2-6-14(13)21(29)30)10-12(16)4-3-9-22-18(25)7-8-19(26)27/h1-2,5-6,10-11,23-24H,3-4,7-9H2,(H,22,25)(H,26,27)(H,29,30). The molecule has 0 saturated carbocycles. The van der Waals surface area contributed by atoms with Crippen LogP contribution in [0.5, 0.6) is 11.5 Å². The molecule has 0 spiro atoms. The first kappa shape index (κ1) is 22.4. The molecule has 0 aliphatic heterocycles. The zero-order valence-corrected chi connectivity index (χ0v) is 15.9. The number of hydrogen-bond acceptors (Lipinski definition) is 6. The second-order valence-corrected chi connectivity index (χ2v) is 6.53. The van der Waals surface area contributed by atoms with Crippen molar-refractivity contribution in [2.45, 2.75) is 25.7 Å². The molecule has 158 valence electrons. The first-order valence-corrected chi connectivity index (χ1v) is 9.11. The predicted octanol–water partition coefficient (Wildman–Crippen LogP) is 1.94. The fourth-order valence-electron chi connectivity index (χ4n) is 2.83. The fourth-order valence-corrected chi connectivity index (χ4v) is 2.83. The number of carbonyl (C=O) groups excluding carboxylic acids is 2. The number of hydrogen-bond donors (Lipinski definition) is 5. The predicted molar refractivity (Wildman–Crippen MR) is 105 cm³/mol. The number of phenolic OH excluding ortho intramolecular Hbond substituents is 2. The van der Waals surface area contributed by atoms with Gasteiger partial charge in [0.2, 0.25) is 5.91 Å². The van der Waals surface area contributed by atoms with E-state index >= 15 is 0 Å². The molecule has 1 amide bonds. The van der Waals surface area contributed by atoms with Gasteiger partial charge in [0, 0.05) is 24.6 Å². The van der Waals surface area contributed by atoms with Crippen LogP contribution in [0.15, 0.2) is 36.4 Å². The second kappa shape index (κ2) is 10.1. The van der Waals surface area contributed by atoms with Crippen molar-refractivity contribution in [3.63, 3.8) is 0 Å². The molecule has 2 aromatic carbocycles. The van der Waals surface area contributed by atoms with Crippen LogP contribution in [0, 0.1) is 0 Å². The summed E-state index contributed by atoms with van der Waals surface area (Å²) in [5.74, 6) is -4.18. The average molecular weight is 415 g/mol. The summed E-state index contributed by atoms with van der Waals surface area (Å²) in [6, 6.07) is 7.90. The Morgan fingerprint density at radius 2 is 1.50 bits per heavy atom. The van der Waals surface area contributed by atoms with Crippen LogP contribution in [0.25, 0.3) is 0 Å². The van der Waals surface area contributed by atoms with E-state index in [-0.39, 0.29) is 48.2 Å². The molecule has 0 bridgehead atoms. The normalized spacial score (nSPS) is 10.4. The molecule has 0 unspecified atom stereocenters. The minimum atomic E-state index is -1.28. The number of aliphatic carboxylic acids is 1. The van der Waals surface area contributed by atoms with Crippen LogP contribution in [0.3, 0.4) is 0 Å². The number of nitrogens with one attached hydrogen (secondary N) is 1. The second-order valence-electron chi connectivity index (χ2n) is 6.53. The number of carboxylic acids is 2. The van der Waals surface area contributed by atoms with Crippen LogP contribution in [0.2, 0.25) is 0 Å². The maximum Gasteiger partial charge on any atom is 0.336 e. The SMILES string of the molecule is O=C(O)CCC(=O)NCCCc1cc(C(=O)c2ccccc2C(=O)O)c(O)cc1O. The Bertz CT molecular complexity index is 983. The number of phenols is 2. The third-order valence-corrected chi connectivity index (χ3v) is 4.35. The minimum absolute atomic E-state index is 0.0948. The van der Waals surface area contributed by atoms with Crippen molar-refractivity contribution in [3.05, 3.63) is 58.7 Å². The fraction of sp³-hybridized carbons (Fsp3) is 0.238. The van der Waals surface area contributed by atoms with E-state index in [0.717, 1.165) is 6.07 Å². The Hall–Kier alpha value is -3.88. The zero-order chi connectivity index (χ0) is 22.3. The van der Waals surface area contributed by atoms with Crippen LogP contribution >= 0.6 is 0 Å². The maximum absolute atomic E-state index is 12.8. The number of aromatic hydroxyl groups is 2. The summed E-state index contributed by atoms with van der Waals surface area (Å²) >= 11 is 0. The quantitative estimate of drug-likeness (QED) is 0.290. The Kier molecular flexibility index (Phi) is 7.51. The summed E-state index contributed by atoms with van der Waals surface area (Å²) in [6.45, 7) is 0.226. The van der Waals surface area contributed by atoms with Crippen molar-refractivity contribution in [2.75, 3.05) is 6.54 Å². The van der Waals surface area contributed by atoms with Crippen LogP contribution < -0.4 is 5.32 Å². The molecule has 0 saturated heterocycles. The van der Waals surface area contributed by atoms with Gasteiger partial charge in [0.15, 0.2) is 5.78 Å². The van der Waals surface area contributed by atoms with Crippen LogP contribution in [-0.2, 0) is 16.0 Å². The largest absolute Gasteiger partial charge is 0.508 e. The monoisotopic (exact) mass is 415 g/mol. The summed E-state index contributed by atoms with van der Waals surface area (Å²) in [7, 11) is 0. The maximum atomic E-state index is 12.8. The summed E-state index contributed by atoms with van der Waals surface area (Å²) in [5, 5.41) is 40.5. The number of rotatable bonds is 10. The van der Waals surface area contributed by atoms with Crippen molar-refractivity contribution < 1.29 is 39.6 Å². The van der Waals surface area contributed by atoms with Gasteiger partial charge in [-0.2, -0.15) is 0 Å². The van der Waals surface area contributed by atoms with E-state index in [1.807, 2.05) is 0 Å². The molecule has 0 fully saturated rings. The lowest BCUT2D eigenvalue weighted by molar-refractivity contribution is -0.138. The number of aryl methyl sites for hydroxylation is 1. The van der Waals surface area contributed by atoms with Crippen molar-refractivity contribution in [1.29, 1.82) is 0 Å². The van der Waals surface area contributed by atoms with Gasteiger partial charge in [-0.3, -0.25) is 14.4 Å². The first-order valence-electron chi connectivity index (χ1n) is 9.11. The third kappa shape index (κ3) is 5.81. The Balaban J connectivity index is 2.11. The lowest BCUT2D eigenvalue weighted by Gasteiger charge is -2.11. The van der Waals surface area contributed by atoms with Crippen LogP contribution in [0.1, 0.15) is 51.1 Å². The van der Waals surface area contributed by atoms with Gasteiger partial charge < -0.3 is 25.7 Å². The van der Waals surface area contributed by atoms with E-state index in [1.54, 1.807) is 0 Å². The molecule has 0 aliphatic rings. The Morgan fingerprint density at radius 3 is 2.13 bits per heavy atom. The molecule has 9 nitrogen and oxygen atoms in total. The molecule has 0 aliphatic carbocycles. The molecule has 0 heterocycles. The van der Waals surface area contributed by atoms with E-state index in [2.05, 4.69) is 5.32 Å². The highest BCUT2D eigenvalue weighted by Crippen LogP contribution is 2.30. The Labute approximate surface area is 171 Å². The van der Waals surface area contributed by atoms with Crippen molar-refractivity contribution in [1.82, 2.24) is 5.32 Å². The molecular formula is C21H21NO8. The molecule has 0 radical (unpaired) electrons. The van der Waals surface area contributed by atoms with Gasteiger partial charge in [-0.1, -0.05) is 18.2 Å². The molecule has 2 aromatic rings. The third-order valence-electron chi connectivity index (χ3n) is 4.35. The van der Waals surface area contributed by atoms with Gasteiger partial charge in [0.05, 0.1) is 17.5 Å². The molecule has 0 aromatic heterocycles. The van der Waals surface area contributed by atoms with Crippen LogP contribution in [-0.4, -0.2) is 50.6 Å². The van der Waals surface area contributed by atoms with E-state index in [9.17, 15) is 34.5 Å². The highest BCUT2D eigenvalue weighted by Gasteiger charge is 2.21. The Morgan fingerprint density at radius 1 is 0.833 bits per heavy atom. The number of carboxylic acid groups (broad SMARTS) is 2. The summed E-state index contributed by atoms with van der Waals surface area (Å²) in [6.07, 6.45) is 0.234. The van der Waals surface area contributed by atoms with Gasteiger partial charge in [-0.05, 0) is 30.5 Å². The van der Waals surface area contributed by atoms with E-state index in [4.69, 9.17) is 5.11 Å². The lowest BCUT2D eigenvalue weighted by Crippen LogP contribution is -2.25. The van der Waals surface area contributed by atoms with E-state index in [0.29, 0.717) is 12.0 Å². The highest BCUT2D eigenvalue weighted by molar-refractivity contribution is 6.15. The number of aromatic carboxylic acids is 1. The molecular weight excluding hydrogens is 394 g/mol. The minimum Gasteiger partial charge on any atom is -0.508 e. The van der Waals surface area contributed by atoms with E-state index in [1.165, 1.54) is 30.3 Å². The van der Waals surface area contributed by atoms with E-state index < -0.39 is 29.4 Å². The first-order chi connectivity index (χ1) is 14.2. The molecule has 30 heavy (non-hydrogen) atoms. The lowest BCUT2D eigenvalue weighted by atomic mass is 9.95. The number of carbonyl (C=O) groups is 4. The number of amides is 1. The molecule has 5 N–H and O–H groups in total. The van der Waals surface area contributed by atoms with Crippen molar-refractivity contribution >= 4 is 23.6 Å². The average Bonchev–Trinajstić information content (AvgIpc) is 2.70. The smallest absolute Gasteiger partial charge is 0.336 e. The summed E-state index contributed by atoms with van der Waals surface area (Å²) in [5.41, 5.74) is -0.117. The summed E-state index contributed by atoms with van der Waals surface area (Å²) in [4.78, 5) is 46.1. The highest BCUT2D eigenvalue weighted by atomic mass is 16.4. The van der Waals surface area contributed by atoms with Gasteiger partial charge in [0.25, 0.3) is 0 Å². The van der Waals surface area contributed by atoms with Crippen LogP contribution in [0.4, 0.5) is 0 Å².